The van der Waals surface area contributed by atoms with E-state index >= 15 is 0 Å². The Labute approximate surface area is 360 Å². The number of aromatic nitrogens is 2. The topological polar surface area (TPSA) is 31.0 Å². The van der Waals surface area contributed by atoms with Crippen LogP contribution in [0.5, 0.6) is 0 Å². The van der Waals surface area contributed by atoms with E-state index in [0.717, 1.165) is 50.0 Å². The Kier molecular flexibility index (Phi) is 8.58. The van der Waals surface area contributed by atoms with Crippen LogP contribution < -0.4 is 0 Å². The third-order valence-electron chi connectivity index (χ3n) is 13.4. The zero-order chi connectivity index (χ0) is 41.5. The molecule has 0 aliphatic rings. The first-order valence-electron chi connectivity index (χ1n) is 21.3. The van der Waals surface area contributed by atoms with Crippen LogP contribution in [0.2, 0.25) is 5.11 Å². The van der Waals surface area contributed by atoms with Gasteiger partial charge in [0, 0.05) is 16.3 Å². The molecule has 8 heteroatoms. The molecule has 0 atom stereocenters. The molecule has 0 N–H and O–H groups in total. The Morgan fingerprint density at radius 2 is 0.967 bits per heavy atom. The molecule has 2 heterocycles. The van der Waals surface area contributed by atoms with Crippen LogP contribution in [-0.4, -0.2) is 48.8 Å². The highest BCUT2D eigenvalue weighted by Gasteiger charge is 2.38. The van der Waals surface area contributed by atoms with Gasteiger partial charge in [-0.3, -0.25) is 4.57 Å². The number of rotatable bonds is 7. The van der Waals surface area contributed by atoms with Gasteiger partial charge in [-0.25, -0.2) is 4.98 Å². The fourth-order valence-corrected chi connectivity index (χ4v) is 9.25. The highest BCUT2D eigenvalue weighted by Crippen LogP contribution is 2.47. The van der Waals surface area contributed by atoms with E-state index < -0.39 is 0 Å². The van der Waals surface area contributed by atoms with Crippen molar-refractivity contribution in [3.8, 4) is 50.2 Å². The number of para-hydroxylation sites is 4. The fraction of sp³-hybridized carbons (Fsp3) is 0.0377. The first-order chi connectivity index (χ1) is 29.7. The fourth-order valence-electron chi connectivity index (χ4n) is 9.25. The Bertz CT molecular complexity index is 3490. The molecule has 0 unspecified atom stereocenters. The summed E-state index contributed by atoms with van der Waals surface area (Å²) >= 11 is 0. The Morgan fingerprint density at radius 1 is 0.410 bits per heavy atom. The summed E-state index contributed by atoms with van der Waals surface area (Å²) in [4.78, 5) is 5.31. The monoisotopic (exact) mass is 776 g/mol. The molecule has 0 saturated heterocycles. The average molecular weight is 776 g/mol. The summed E-state index contributed by atoms with van der Waals surface area (Å²) in [6.07, 6.45) is 0. The molecule has 9 aromatic carbocycles. The number of nitrogens with zero attached hydrogens (tertiary/aromatic N) is 2. The highest BCUT2D eigenvalue weighted by atomic mass is 16.3. The normalized spacial score (nSPS) is 12.3. The molecule has 0 saturated carbocycles. The molecule has 0 radical (unpaired) electrons. The van der Waals surface area contributed by atoms with E-state index in [-0.39, 0.29) is 10.3 Å². The van der Waals surface area contributed by atoms with Crippen molar-refractivity contribution in [2.24, 2.45) is 0 Å². The lowest BCUT2D eigenvalue weighted by molar-refractivity contribution is 0.669. The van der Waals surface area contributed by atoms with Gasteiger partial charge in [-0.1, -0.05) is 146 Å². The first kappa shape index (κ1) is 37.1. The molecule has 284 valence electrons. The van der Waals surface area contributed by atoms with Crippen LogP contribution >= 0.6 is 0 Å². The molecule has 0 aliphatic heterocycles. The van der Waals surface area contributed by atoms with Gasteiger partial charge >= 0.3 is 0 Å². The maximum absolute atomic E-state index is 6.29. The second-order valence-electron chi connectivity index (χ2n) is 18.0. The van der Waals surface area contributed by atoms with Crippen molar-refractivity contribution in [1.29, 1.82) is 0 Å². The summed E-state index contributed by atoms with van der Waals surface area (Å²) < 4.78 is 8.69. The number of hydrogen-bond acceptors (Lipinski definition) is 2. The van der Waals surface area contributed by atoms with E-state index in [1.54, 1.807) is 0 Å². The van der Waals surface area contributed by atoms with Crippen molar-refractivity contribution >= 4 is 93.7 Å². The summed E-state index contributed by atoms with van der Waals surface area (Å²) in [5.41, 5.74) is 14.6. The number of benzene rings is 9. The van der Waals surface area contributed by atoms with Gasteiger partial charge < -0.3 is 4.42 Å². The minimum absolute atomic E-state index is 0.0218. The smallest absolute Gasteiger partial charge is 0.135 e. The quantitative estimate of drug-likeness (QED) is 0.119. The summed E-state index contributed by atoms with van der Waals surface area (Å²) in [6, 6.07) is 68.2. The zero-order valence-electron chi connectivity index (χ0n) is 35.2. The average Bonchev–Trinajstić information content (AvgIpc) is 3.87. The molecule has 11 rings (SSSR count). The number of furan rings is 1. The standard InChI is InChI=1S/C53H41B5N2O/c54-52(55,53(56,57)58)51-59-44-18-8-10-20-46(44)60(51)45-19-9-6-14-37(45)33-22-24-34(25-23-33)49-39-16-4-5-17-40(39)50(43-30-35(26-28-41(43)49)32-12-2-1-3-13-32)36-27-29-48-42(31-36)38-15-7-11-21-47(38)61-48/h1-31H,54-58H2. The molecule has 0 bridgehead atoms. The Hall–Kier alpha value is -6.91. The molecule has 0 amide bonds. The third-order valence-corrected chi connectivity index (χ3v) is 13.4. The maximum atomic E-state index is 6.29. The lowest BCUT2D eigenvalue weighted by atomic mass is 9.23. The highest BCUT2D eigenvalue weighted by molar-refractivity contribution is 6.67. The maximum Gasteiger partial charge on any atom is 0.135 e. The molecule has 3 nitrogen and oxygen atoms in total. The van der Waals surface area contributed by atoms with Gasteiger partial charge in [-0.15, -0.1) is 5.11 Å². The number of fused-ring (bicyclic) bond motifs is 6. The van der Waals surface area contributed by atoms with E-state index in [1.807, 2.05) is 6.07 Å². The summed E-state index contributed by atoms with van der Waals surface area (Å²) in [5, 5.41) is 6.91. The van der Waals surface area contributed by atoms with Gasteiger partial charge in [-0.2, -0.15) is 0 Å². The summed E-state index contributed by atoms with van der Waals surface area (Å²) in [7, 11) is 11.6. The molecule has 11 aromatic rings. The molecule has 0 spiro atoms. The van der Waals surface area contributed by atoms with Crippen LogP contribution in [0.4, 0.5) is 0 Å². The molecule has 61 heavy (non-hydrogen) atoms. The van der Waals surface area contributed by atoms with Crippen LogP contribution in [0.3, 0.4) is 0 Å². The largest absolute Gasteiger partial charge is 0.456 e. The van der Waals surface area contributed by atoms with Crippen LogP contribution in [-0.2, 0) is 5.21 Å². The third kappa shape index (κ3) is 5.99. The van der Waals surface area contributed by atoms with Gasteiger partial charge in [0.1, 0.15) is 32.7 Å². The van der Waals surface area contributed by atoms with E-state index in [4.69, 9.17) is 9.40 Å². The second kappa shape index (κ2) is 14.1. The predicted octanol–water partition coefficient (Wildman–Crippen LogP) is 9.29. The van der Waals surface area contributed by atoms with E-state index in [1.165, 1.54) is 60.5 Å². The minimum Gasteiger partial charge on any atom is -0.456 e. The van der Waals surface area contributed by atoms with Crippen molar-refractivity contribution in [3.05, 3.63) is 194 Å². The lowest BCUT2D eigenvalue weighted by Gasteiger charge is -2.39. The number of hydrogen-bond donors (Lipinski definition) is 0. The van der Waals surface area contributed by atoms with Gasteiger partial charge in [0.05, 0.1) is 40.3 Å². The van der Waals surface area contributed by atoms with E-state index in [2.05, 4.69) is 226 Å². The molecule has 2 aromatic heterocycles. The van der Waals surface area contributed by atoms with Crippen LogP contribution in [0.15, 0.2) is 192 Å². The van der Waals surface area contributed by atoms with Crippen molar-refractivity contribution in [2.45, 2.75) is 10.3 Å². The molecule has 0 fully saturated rings. The second-order valence-corrected chi connectivity index (χ2v) is 18.0. The number of imidazole rings is 1. The van der Waals surface area contributed by atoms with Crippen molar-refractivity contribution in [3.63, 3.8) is 0 Å². The van der Waals surface area contributed by atoms with Crippen LogP contribution in [0.25, 0.3) is 105 Å². The van der Waals surface area contributed by atoms with Crippen molar-refractivity contribution in [1.82, 2.24) is 9.55 Å². The minimum atomic E-state index is -0.213. The van der Waals surface area contributed by atoms with Crippen molar-refractivity contribution in [2.75, 3.05) is 0 Å². The van der Waals surface area contributed by atoms with Crippen LogP contribution in [0, 0.1) is 0 Å². The van der Waals surface area contributed by atoms with E-state index in [0.29, 0.717) is 0 Å². The summed E-state index contributed by atoms with van der Waals surface area (Å²) in [6.45, 7) is 0. The molecular formula is C53H41B5N2O. The lowest BCUT2D eigenvalue weighted by Crippen LogP contribution is -2.45. The molecular weight excluding hydrogens is 735 g/mol. The van der Waals surface area contributed by atoms with E-state index in [9.17, 15) is 0 Å². The van der Waals surface area contributed by atoms with Gasteiger partial charge in [-0.05, 0) is 108 Å². The molecule has 0 aliphatic carbocycles. The van der Waals surface area contributed by atoms with Gasteiger partial charge in [0.2, 0.25) is 0 Å². The van der Waals surface area contributed by atoms with Gasteiger partial charge in [0.25, 0.3) is 0 Å². The SMILES string of the molecule is BC(B)(B)C(B)(B)c1nc2ccccc2n1-c1ccccc1-c1ccc(-c2c3ccccc3c(-c3ccc4oc5ccccc5c4c3)c3cc(-c4ccccc4)ccc23)cc1. The Balaban J connectivity index is 1.11. The van der Waals surface area contributed by atoms with Gasteiger partial charge in [0.15, 0.2) is 0 Å². The Morgan fingerprint density at radius 3 is 1.74 bits per heavy atom. The van der Waals surface area contributed by atoms with Crippen LogP contribution in [0.1, 0.15) is 5.82 Å². The predicted molar refractivity (Wildman–Crippen MR) is 272 cm³/mol. The van der Waals surface area contributed by atoms with Crippen molar-refractivity contribution < 1.29 is 4.42 Å². The first-order valence-corrected chi connectivity index (χ1v) is 21.3. The summed E-state index contributed by atoms with van der Waals surface area (Å²) in [5.74, 6) is 1.07. The zero-order valence-corrected chi connectivity index (χ0v) is 35.2.